The summed E-state index contributed by atoms with van der Waals surface area (Å²) in [6.45, 7) is 3.00. The highest BCUT2D eigenvalue weighted by atomic mass is 35.5. The second-order valence-electron chi connectivity index (χ2n) is 4.62. The maximum absolute atomic E-state index is 6.00. The molecule has 1 aliphatic carbocycles. The van der Waals surface area contributed by atoms with Crippen molar-refractivity contribution in [3.63, 3.8) is 0 Å². The molecule has 2 heterocycles. The van der Waals surface area contributed by atoms with Gasteiger partial charge in [-0.15, -0.1) is 22.7 Å². The standard InChI is InChI=1S/C13H16ClN3S2/c1-2-15-11(12-16-7-10(14)19-12)13-17-8-5-3-4-6-9(8)18-13/h7,11,15H,2-6H2,1H3. The van der Waals surface area contributed by atoms with Crippen LogP contribution >= 0.6 is 34.3 Å². The Hall–Kier alpha value is -0.490. The Morgan fingerprint density at radius 1 is 1.32 bits per heavy atom. The summed E-state index contributed by atoms with van der Waals surface area (Å²) in [6.07, 6.45) is 6.60. The van der Waals surface area contributed by atoms with Gasteiger partial charge in [0.2, 0.25) is 0 Å². The molecule has 6 heteroatoms. The zero-order chi connectivity index (χ0) is 13.2. The SMILES string of the molecule is CCNC(c1ncc(Cl)s1)c1nc2c(s1)CCCC2. The first-order valence-electron chi connectivity index (χ1n) is 6.61. The predicted molar refractivity (Wildman–Crippen MR) is 81.4 cm³/mol. The Labute approximate surface area is 126 Å². The lowest BCUT2D eigenvalue weighted by Gasteiger charge is -2.11. The summed E-state index contributed by atoms with van der Waals surface area (Å²) in [4.78, 5) is 10.7. The van der Waals surface area contributed by atoms with Crippen molar-refractivity contribution >= 4 is 34.3 Å². The van der Waals surface area contributed by atoms with E-state index < -0.39 is 0 Å². The summed E-state index contributed by atoms with van der Waals surface area (Å²) in [5.74, 6) is 0. The lowest BCUT2D eigenvalue weighted by molar-refractivity contribution is 0.617. The summed E-state index contributed by atoms with van der Waals surface area (Å²) in [5.41, 5.74) is 1.30. The smallest absolute Gasteiger partial charge is 0.118 e. The van der Waals surface area contributed by atoms with E-state index in [1.807, 2.05) is 11.3 Å². The minimum Gasteiger partial charge on any atom is -0.303 e. The van der Waals surface area contributed by atoms with E-state index in [2.05, 4.69) is 17.2 Å². The van der Waals surface area contributed by atoms with Crippen molar-refractivity contribution in [2.24, 2.45) is 0 Å². The molecule has 2 aromatic heterocycles. The molecule has 0 saturated heterocycles. The fourth-order valence-electron chi connectivity index (χ4n) is 2.38. The van der Waals surface area contributed by atoms with Gasteiger partial charge in [0.15, 0.2) is 0 Å². The normalized spacial score (nSPS) is 16.3. The third-order valence-corrected chi connectivity index (χ3v) is 5.66. The molecule has 19 heavy (non-hydrogen) atoms. The number of aromatic nitrogens is 2. The highest BCUT2D eigenvalue weighted by Crippen LogP contribution is 2.34. The number of rotatable bonds is 4. The van der Waals surface area contributed by atoms with E-state index in [0.29, 0.717) is 0 Å². The van der Waals surface area contributed by atoms with Gasteiger partial charge in [0.25, 0.3) is 0 Å². The highest BCUT2D eigenvalue weighted by molar-refractivity contribution is 7.16. The molecule has 0 aromatic carbocycles. The van der Waals surface area contributed by atoms with Crippen LogP contribution in [0.2, 0.25) is 4.34 Å². The largest absolute Gasteiger partial charge is 0.303 e. The van der Waals surface area contributed by atoms with Gasteiger partial charge in [-0.05, 0) is 32.2 Å². The van der Waals surface area contributed by atoms with Crippen molar-refractivity contribution in [1.82, 2.24) is 15.3 Å². The molecule has 1 aliphatic rings. The average molecular weight is 314 g/mol. The van der Waals surface area contributed by atoms with Crippen molar-refractivity contribution in [2.75, 3.05) is 6.54 Å². The summed E-state index contributed by atoms with van der Waals surface area (Å²) in [6, 6.07) is 0.0955. The second kappa shape index (κ2) is 5.87. The molecule has 0 amide bonds. The van der Waals surface area contributed by atoms with E-state index >= 15 is 0 Å². The van der Waals surface area contributed by atoms with Crippen LogP contribution in [0.1, 0.15) is 46.4 Å². The number of halogens is 1. The third-order valence-electron chi connectivity index (χ3n) is 3.26. The Bertz CT molecular complexity index is 540. The number of hydrogen-bond donors (Lipinski definition) is 1. The molecule has 0 aliphatic heterocycles. The van der Waals surface area contributed by atoms with Crippen LogP contribution in [0.4, 0.5) is 0 Å². The van der Waals surface area contributed by atoms with Gasteiger partial charge in [0, 0.05) is 4.88 Å². The van der Waals surface area contributed by atoms with E-state index in [1.54, 1.807) is 6.20 Å². The fraction of sp³-hybridized carbons (Fsp3) is 0.538. The number of nitrogens with zero attached hydrogens (tertiary/aromatic N) is 2. The van der Waals surface area contributed by atoms with Gasteiger partial charge >= 0.3 is 0 Å². The molecule has 1 N–H and O–H groups in total. The minimum absolute atomic E-state index is 0.0955. The van der Waals surface area contributed by atoms with Crippen LogP contribution in [0.25, 0.3) is 0 Å². The summed E-state index contributed by atoms with van der Waals surface area (Å²) in [5, 5.41) is 5.63. The molecule has 1 atom stereocenters. The van der Waals surface area contributed by atoms with Gasteiger partial charge in [-0.25, -0.2) is 9.97 Å². The zero-order valence-electron chi connectivity index (χ0n) is 10.8. The van der Waals surface area contributed by atoms with Gasteiger partial charge in [-0.1, -0.05) is 18.5 Å². The molecule has 1 unspecified atom stereocenters. The van der Waals surface area contributed by atoms with Crippen LogP contribution in [0.15, 0.2) is 6.20 Å². The molecule has 3 rings (SSSR count). The topological polar surface area (TPSA) is 37.8 Å². The number of fused-ring (bicyclic) bond motifs is 1. The predicted octanol–water partition coefficient (Wildman–Crippen LogP) is 3.83. The van der Waals surface area contributed by atoms with E-state index in [1.165, 1.54) is 41.2 Å². The van der Waals surface area contributed by atoms with Gasteiger partial charge in [0.1, 0.15) is 20.4 Å². The van der Waals surface area contributed by atoms with E-state index in [-0.39, 0.29) is 6.04 Å². The van der Waals surface area contributed by atoms with Crippen LogP contribution < -0.4 is 5.32 Å². The molecule has 0 saturated carbocycles. The molecule has 3 nitrogen and oxygen atoms in total. The van der Waals surface area contributed by atoms with Crippen molar-refractivity contribution in [3.05, 3.63) is 31.1 Å². The van der Waals surface area contributed by atoms with Gasteiger partial charge in [0.05, 0.1) is 11.9 Å². The lowest BCUT2D eigenvalue weighted by Crippen LogP contribution is -2.21. The molecule has 0 radical (unpaired) electrons. The maximum atomic E-state index is 6.00. The molecule has 102 valence electrons. The quantitative estimate of drug-likeness (QED) is 0.932. The van der Waals surface area contributed by atoms with E-state index in [0.717, 1.165) is 27.3 Å². The molecular formula is C13H16ClN3S2. The van der Waals surface area contributed by atoms with Gasteiger partial charge < -0.3 is 5.32 Å². The van der Waals surface area contributed by atoms with Crippen LogP contribution in [-0.4, -0.2) is 16.5 Å². The van der Waals surface area contributed by atoms with E-state index in [9.17, 15) is 0 Å². The van der Waals surface area contributed by atoms with Crippen molar-refractivity contribution in [2.45, 2.75) is 38.6 Å². The average Bonchev–Trinajstić information content (AvgIpc) is 3.01. The molecule has 0 bridgehead atoms. The highest BCUT2D eigenvalue weighted by Gasteiger charge is 2.23. The van der Waals surface area contributed by atoms with E-state index in [4.69, 9.17) is 16.6 Å². The van der Waals surface area contributed by atoms with Gasteiger partial charge in [-0.3, -0.25) is 0 Å². The molecule has 0 spiro atoms. The second-order valence-corrected chi connectivity index (χ2v) is 7.43. The summed E-state index contributed by atoms with van der Waals surface area (Å²) in [7, 11) is 0. The third kappa shape index (κ3) is 2.84. The summed E-state index contributed by atoms with van der Waals surface area (Å²) < 4.78 is 0.735. The number of aryl methyl sites for hydroxylation is 2. The van der Waals surface area contributed by atoms with Crippen molar-refractivity contribution in [3.8, 4) is 0 Å². The van der Waals surface area contributed by atoms with Crippen molar-refractivity contribution < 1.29 is 0 Å². The minimum atomic E-state index is 0.0955. The van der Waals surface area contributed by atoms with Crippen LogP contribution in [-0.2, 0) is 12.8 Å². The molecule has 2 aromatic rings. The monoisotopic (exact) mass is 313 g/mol. The van der Waals surface area contributed by atoms with Crippen molar-refractivity contribution in [1.29, 1.82) is 0 Å². The first-order valence-corrected chi connectivity index (χ1v) is 8.62. The molecular weight excluding hydrogens is 298 g/mol. The Kier molecular flexibility index (Phi) is 4.17. The Morgan fingerprint density at radius 2 is 2.16 bits per heavy atom. The van der Waals surface area contributed by atoms with Gasteiger partial charge in [-0.2, -0.15) is 0 Å². The maximum Gasteiger partial charge on any atom is 0.118 e. The number of hydrogen-bond acceptors (Lipinski definition) is 5. The summed E-state index contributed by atoms with van der Waals surface area (Å²) >= 11 is 9.38. The fourth-order valence-corrected chi connectivity index (χ4v) is 4.70. The number of nitrogens with one attached hydrogen (secondary N) is 1. The van der Waals surface area contributed by atoms with Crippen LogP contribution in [0.5, 0.6) is 0 Å². The lowest BCUT2D eigenvalue weighted by atomic mass is 10.0. The Morgan fingerprint density at radius 3 is 2.84 bits per heavy atom. The zero-order valence-corrected chi connectivity index (χ0v) is 13.2. The van der Waals surface area contributed by atoms with Crippen LogP contribution in [0.3, 0.4) is 0 Å². The first kappa shape index (κ1) is 13.5. The van der Waals surface area contributed by atoms with Crippen LogP contribution in [0, 0.1) is 0 Å². The number of thiazole rings is 2. The molecule has 0 fully saturated rings. The first-order chi connectivity index (χ1) is 9.28. The Balaban J connectivity index is 1.93.